The number of carboxylic acids is 2. The number of carboxylic acid groups (broad SMARTS) is 2. The van der Waals surface area contributed by atoms with Gasteiger partial charge in [-0.05, 0) is 31.6 Å². The van der Waals surface area contributed by atoms with Crippen molar-refractivity contribution in [1.82, 2.24) is 52.5 Å². The van der Waals surface area contributed by atoms with Crippen LogP contribution in [0.1, 0.15) is 66.0 Å². The van der Waals surface area contributed by atoms with Gasteiger partial charge in [0.1, 0.15) is 42.3 Å². The van der Waals surface area contributed by atoms with Crippen LogP contribution in [0, 0.1) is 11.8 Å². The molecule has 0 radical (unpaired) electrons. The largest absolute Gasteiger partial charge is 0.481 e. The zero-order chi connectivity index (χ0) is 52.0. The van der Waals surface area contributed by atoms with Gasteiger partial charge >= 0.3 is 11.9 Å². The first-order valence-corrected chi connectivity index (χ1v) is 21.2. The van der Waals surface area contributed by atoms with Crippen LogP contribution in [0.15, 0.2) is 12.5 Å². The number of primary amides is 1. The molecule has 382 valence electrons. The number of nitrogens with one attached hydrogen (secondary N) is 9. The van der Waals surface area contributed by atoms with E-state index in [1.165, 1.54) is 26.4 Å². The molecule has 0 aromatic carbocycles. The first-order valence-electron chi connectivity index (χ1n) is 21.2. The van der Waals surface area contributed by atoms with Crippen LogP contribution in [0.4, 0.5) is 0 Å². The van der Waals surface area contributed by atoms with E-state index in [0.29, 0.717) is 5.69 Å². The molecule has 0 fully saturated rings. The number of aromatic nitrogens is 2. The van der Waals surface area contributed by atoms with Crippen molar-refractivity contribution < 1.29 is 83.4 Å². The molecule has 1 aromatic rings. The number of carbonyl (C=O) groups is 11. The lowest BCUT2D eigenvalue weighted by Gasteiger charge is -2.28. The molecule has 0 unspecified atom stereocenters. The van der Waals surface area contributed by atoms with Crippen LogP contribution >= 0.6 is 0 Å². The lowest BCUT2D eigenvalue weighted by Crippen LogP contribution is -2.62. The summed E-state index contributed by atoms with van der Waals surface area (Å²) in [7, 11) is 0. The maximum absolute atomic E-state index is 13.5. The third-order valence-corrected chi connectivity index (χ3v) is 9.74. The summed E-state index contributed by atoms with van der Waals surface area (Å²) in [5, 5.41) is 76.4. The minimum Gasteiger partial charge on any atom is -0.481 e. The van der Waals surface area contributed by atoms with Crippen LogP contribution in [-0.2, 0) is 59.2 Å². The predicted octanol–water partition coefficient (Wildman–Crippen LogP) is -7.96. The van der Waals surface area contributed by atoms with Crippen LogP contribution in [0.5, 0.6) is 0 Å². The normalized spacial score (nSPS) is 15.6. The van der Waals surface area contributed by atoms with Gasteiger partial charge in [0, 0.05) is 24.7 Å². The second kappa shape index (κ2) is 29.0. The molecule has 0 spiro atoms. The highest BCUT2D eigenvalue weighted by Crippen LogP contribution is 2.09. The van der Waals surface area contributed by atoms with Crippen molar-refractivity contribution in [3.05, 3.63) is 18.2 Å². The molecule has 0 saturated heterocycles. The summed E-state index contributed by atoms with van der Waals surface area (Å²) in [6.07, 6.45) is -0.911. The second-order valence-corrected chi connectivity index (χ2v) is 16.3. The Morgan fingerprint density at radius 3 is 1.44 bits per heavy atom. The molecule has 68 heavy (non-hydrogen) atoms. The maximum atomic E-state index is 13.5. The molecule has 0 bridgehead atoms. The molecule has 1 rings (SSSR count). The van der Waals surface area contributed by atoms with E-state index in [1.807, 2.05) is 5.32 Å². The molecule has 1 heterocycles. The van der Waals surface area contributed by atoms with Crippen LogP contribution in [-0.4, -0.2) is 186 Å². The molecule has 19 N–H and O–H groups in total. The first-order chi connectivity index (χ1) is 31.8. The van der Waals surface area contributed by atoms with Crippen molar-refractivity contribution in [1.29, 1.82) is 0 Å². The van der Waals surface area contributed by atoms with Gasteiger partial charge in [0.25, 0.3) is 0 Å². The summed E-state index contributed by atoms with van der Waals surface area (Å²) in [6, 6.07) is -15.1. The molecule has 29 nitrogen and oxygen atoms in total. The van der Waals surface area contributed by atoms with E-state index in [4.69, 9.17) is 11.5 Å². The monoisotopic (exact) mass is 972 g/mol. The minimum atomic E-state index is -2.03. The number of nitrogens with two attached hydrogens (primary N) is 2. The Bertz CT molecular complexity index is 1920. The standard InChI is InChI=1S/C39H64N12O17/c1-16(2)8-21(32(60)49-26(14-54)37(65)50-29(17(3)4)38(66)51-30(18(5)55)39(67)68)45-35(63)24(12-52)48-34(62)23(10-28(57)58)46-36(64)25(13-53)47-33(61)22(9-19-11-42-15-43-19)44-31(59)20(40)6-7-27(41)56/h11,15-18,20-26,29-30,52-55H,6-10,12-14,40H2,1-5H3,(H2,41,56)(H,42,43)(H,44,59)(H,45,63)(H,46,64)(H,47,61)(H,48,62)(H,49,60)(H,50,65)(H,51,66)(H,57,58)(H,67,68)/t18-,20+,21+,22+,23+,24+,25+,26+,29+,30+/m1/s1. The average molecular weight is 973 g/mol. The van der Waals surface area contributed by atoms with Crippen molar-refractivity contribution in [2.24, 2.45) is 23.3 Å². The second-order valence-electron chi connectivity index (χ2n) is 16.3. The fourth-order valence-electron chi connectivity index (χ4n) is 5.98. The van der Waals surface area contributed by atoms with Gasteiger partial charge in [-0.3, -0.25) is 47.9 Å². The lowest BCUT2D eigenvalue weighted by atomic mass is 10.0. The summed E-state index contributed by atoms with van der Waals surface area (Å²) in [6.45, 7) is 4.04. The Kier molecular flexibility index (Phi) is 25.3. The number of nitrogens with zero attached hydrogens (tertiary/aromatic N) is 1. The summed E-state index contributed by atoms with van der Waals surface area (Å²) >= 11 is 0. The van der Waals surface area contributed by atoms with E-state index in [1.54, 1.807) is 13.8 Å². The highest BCUT2D eigenvalue weighted by atomic mass is 16.4. The average Bonchev–Trinajstić information content (AvgIpc) is 3.77. The molecule has 1 aromatic heterocycles. The van der Waals surface area contributed by atoms with Crippen LogP contribution < -0.4 is 54.0 Å². The van der Waals surface area contributed by atoms with Crippen LogP contribution in [0.3, 0.4) is 0 Å². The Morgan fingerprint density at radius 2 is 1.03 bits per heavy atom. The molecule has 29 heteroatoms. The zero-order valence-corrected chi connectivity index (χ0v) is 38.0. The number of hydrogen-bond acceptors (Lipinski definition) is 17. The Morgan fingerprint density at radius 1 is 0.603 bits per heavy atom. The number of carbonyl (C=O) groups excluding carboxylic acids is 9. The number of rotatable bonds is 31. The van der Waals surface area contributed by atoms with E-state index in [9.17, 15) is 83.4 Å². The molecule has 0 aliphatic heterocycles. The molecular weight excluding hydrogens is 908 g/mol. The van der Waals surface area contributed by atoms with E-state index < -0.39 is 158 Å². The minimum absolute atomic E-state index is 0.142. The van der Waals surface area contributed by atoms with Gasteiger partial charge in [-0.25, -0.2) is 9.78 Å². The van der Waals surface area contributed by atoms with Crippen molar-refractivity contribution >= 4 is 65.1 Å². The fourth-order valence-corrected chi connectivity index (χ4v) is 5.98. The van der Waals surface area contributed by atoms with Gasteiger partial charge in [0.15, 0.2) is 6.04 Å². The fraction of sp³-hybridized carbons (Fsp3) is 0.641. The maximum Gasteiger partial charge on any atom is 0.328 e. The number of aliphatic carboxylic acids is 2. The Hall–Kier alpha value is -6.82. The third kappa shape index (κ3) is 20.4. The van der Waals surface area contributed by atoms with Crippen molar-refractivity contribution in [3.63, 3.8) is 0 Å². The highest BCUT2D eigenvalue weighted by Gasteiger charge is 2.36. The predicted molar refractivity (Wildman–Crippen MR) is 231 cm³/mol. The summed E-state index contributed by atoms with van der Waals surface area (Å²) < 4.78 is 0. The van der Waals surface area contributed by atoms with Gasteiger partial charge in [0.2, 0.25) is 53.2 Å². The van der Waals surface area contributed by atoms with Gasteiger partial charge in [-0.15, -0.1) is 0 Å². The first kappa shape index (κ1) is 59.2. The van der Waals surface area contributed by atoms with Crippen molar-refractivity contribution in [2.45, 2.75) is 127 Å². The van der Waals surface area contributed by atoms with E-state index in [0.717, 1.165) is 6.92 Å². The third-order valence-electron chi connectivity index (χ3n) is 9.74. The van der Waals surface area contributed by atoms with Gasteiger partial charge in [-0.2, -0.15) is 0 Å². The number of hydrogen-bond donors (Lipinski definition) is 17. The van der Waals surface area contributed by atoms with E-state index in [-0.39, 0.29) is 31.6 Å². The zero-order valence-electron chi connectivity index (χ0n) is 38.0. The molecular formula is C39H64N12O17. The number of aromatic amines is 1. The SMILES string of the molecule is CC(C)C[C@H](NC(=O)[C@H](CO)NC(=O)[C@H](CC(=O)O)NC(=O)[C@H](CO)NC(=O)[C@H](Cc1cnc[nH]1)NC(=O)[C@@H](N)CCC(N)=O)C(=O)N[C@@H](CO)C(=O)N[C@H](C(=O)N[C@H](C(=O)O)[C@@H](C)O)C(C)C. The molecule has 9 amide bonds. The smallest absolute Gasteiger partial charge is 0.328 e. The topological polar surface area (TPSA) is 486 Å². The molecule has 0 aliphatic carbocycles. The number of aliphatic hydroxyl groups is 4. The van der Waals surface area contributed by atoms with Gasteiger partial charge in [-0.1, -0.05) is 27.7 Å². The number of H-pyrrole nitrogens is 1. The van der Waals surface area contributed by atoms with Gasteiger partial charge < -0.3 is 89.6 Å². The quantitative estimate of drug-likeness (QED) is 0.0329. The molecule has 0 aliphatic rings. The summed E-state index contributed by atoms with van der Waals surface area (Å²) in [4.78, 5) is 147. The number of imidazole rings is 1. The van der Waals surface area contributed by atoms with Crippen LogP contribution in [0.25, 0.3) is 0 Å². The van der Waals surface area contributed by atoms with Crippen molar-refractivity contribution in [2.75, 3.05) is 19.8 Å². The number of aliphatic hydroxyl groups excluding tert-OH is 4. The summed E-state index contributed by atoms with van der Waals surface area (Å²) in [5.41, 5.74) is 11.2. The van der Waals surface area contributed by atoms with E-state index in [2.05, 4.69) is 47.2 Å². The van der Waals surface area contributed by atoms with Crippen molar-refractivity contribution in [3.8, 4) is 0 Å². The highest BCUT2D eigenvalue weighted by molar-refractivity contribution is 5.99. The number of amides is 9. The van der Waals surface area contributed by atoms with Crippen LogP contribution in [0.2, 0.25) is 0 Å². The Labute approximate surface area is 389 Å². The summed E-state index contributed by atoms with van der Waals surface area (Å²) in [5.74, 6) is -14.1. The van der Waals surface area contributed by atoms with Gasteiger partial charge in [0.05, 0.1) is 44.7 Å². The lowest BCUT2D eigenvalue weighted by molar-refractivity contribution is -0.145. The van der Waals surface area contributed by atoms with E-state index >= 15 is 0 Å². The molecule has 0 saturated carbocycles. The molecule has 10 atom stereocenters. The Balaban J connectivity index is 3.20.